The number of ether oxygens (including phenoxy) is 2. The van der Waals surface area contributed by atoms with Gasteiger partial charge in [0.15, 0.2) is 5.60 Å². The molecule has 0 saturated heterocycles. The van der Waals surface area contributed by atoms with Gasteiger partial charge in [-0.1, -0.05) is 24.3 Å². The average Bonchev–Trinajstić information content (AvgIpc) is 2.79. The van der Waals surface area contributed by atoms with Crippen molar-refractivity contribution < 1.29 is 37.3 Å². The van der Waals surface area contributed by atoms with E-state index < -0.39 is 23.3 Å². The van der Waals surface area contributed by atoms with Gasteiger partial charge in [0, 0.05) is 6.54 Å². The van der Waals surface area contributed by atoms with Crippen molar-refractivity contribution in [3.05, 3.63) is 89.0 Å². The fraction of sp³-hybridized carbons (Fsp3) is 0.259. The summed E-state index contributed by atoms with van der Waals surface area (Å²) in [7, 11) is 0. The lowest BCUT2D eigenvalue weighted by Crippen LogP contribution is -2.38. The number of nitrogens with one attached hydrogen (secondary N) is 1. The zero-order chi connectivity index (χ0) is 26.5. The van der Waals surface area contributed by atoms with E-state index in [1.807, 2.05) is 0 Å². The zero-order valence-corrected chi connectivity index (χ0v) is 20.0. The predicted molar refractivity (Wildman–Crippen MR) is 127 cm³/mol. The highest BCUT2D eigenvalue weighted by molar-refractivity contribution is 5.78. The third-order valence-corrected chi connectivity index (χ3v) is 5.30. The number of amides is 1. The van der Waals surface area contributed by atoms with Crippen LogP contribution in [0.2, 0.25) is 0 Å². The van der Waals surface area contributed by atoms with Gasteiger partial charge in [-0.2, -0.15) is 13.2 Å². The van der Waals surface area contributed by atoms with Gasteiger partial charge in [0.1, 0.15) is 17.2 Å². The molecule has 0 bridgehead atoms. The first-order valence-corrected chi connectivity index (χ1v) is 11.1. The van der Waals surface area contributed by atoms with E-state index in [4.69, 9.17) is 9.47 Å². The Morgan fingerprint density at radius 3 is 2.19 bits per heavy atom. The Labute approximate surface area is 206 Å². The Balaban J connectivity index is 1.57. The van der Waals surface area contributed by atoms with E-state index in [1.54, 1.807) is 49.4 Å². The monoisotopic (exact) mass is 501 g/mol. The van der Waals surface area contributed by atoms with Gasteiger partial charge in [-0.25, -0.2) is 4.79 Å². The molecular formula is C27H26F3NO5. The summed E-state index contributed by atoms with van der Waals surface area (Å²) in [5, 5.41) is 12.0. The van der Waals surface area contributed by atoms with E-state index in [0.717, 1.165) is 17.7 Å². The minimum Gasteiger partial charge on any atom is -0.478 e. The summed E-state index contributed by atoms with van der Waals surface area (Å²) in [4.78, 5) is 23.5. The van der Waals surface area contributed by atoms with Gasteiger partial charge in [-0.05, 0) is 79.9 Å². The van der Waals surface area contributed by atoms with Crippen molar-refractivity contribution in [2.24, 2.45) is 0 Å². The number of benzene rings is 3. The van der Waals surface area contributed by atoms with Crippen molar-refractivity contribution in [3.63, 3.8) is 0 Å². The van der Waals surface area contributed by atoms with Gasteiger partial charge in [-0.15, -0.1) is 0 Å². The first-order chi connectivity index (χ1) is 16.8. The maximum Gasteiger partial charge on any atom is 0.416 e. The number of carboxylic acid groups (broad SMARTS) is 1. The third-order valence-electron chi connectivity index (χ3n) is 5.30. The van der Waals surface area contributed by atoms with E-state index in [0.29, 0.717) is 28.4 Å². The lowest BCUT2D eigenvalue weighted by Gasteiger charge is -2.23. The smallest absolute Gasteiger partial charge is 0.416 e. The topological polar surface area (TPSA) is 84.9 Å². The summed E-state index contributed by atoms with van der Waals surface area (Å²) < 4.78 is 49.5. The standard InChI is InChI=1S/C27H26F3NO5/c1-17-13-22(11-12-23(17)36-26(2,3)25(33)34)35-21-6-4-5-19(14-21)16-31-24(32)15-18-7-9-20(10-8-18)27(28,29)30/h4-14H,15-16H2,1-3H3,(H,31,32)(H,33,34). The number of hydrogen-bond donors (Lipinski definition) is 2. The maximum atomic E-state index is 12.7. The molecule has 36 heavy (non-hydrogen) atoms. The molecular weight excluding hydrogens is 475 g/mol. The molecule has 2 N–H and O–H groups in total. The zero-order valence-electron chi connectivity index (χ0n) is 20.0. The molecule has 0 spiro atoms. The minimum absolute atomic E-state index is 0.0410. The summed E-state index contributed by atoms with van der Waals surface area (Å²) in [6, 6.07) is 16.6. The molecule has 0 aromatic heterocycles. The number of carboxylic acids is 1. The number of rotatable bonds is 9. The number of alkyl halides is 3. The van der Waals surface area contributed by atoms with Gasteiger partial charge in [0.05, 0.1) is 12.0 Å². The quantitative estimate of drug-likeness (QED) is 0.381. The molecule has 6 nitrogen and oxygen atoms in total. The second-order valence-corrected chi connectivity index (χ2v) is 8.74. The van der Waals surface area contributed by atoms with Crippen molar-refractivity contribution in [2.45, 2.75) is 45.5 Å². The van der Waals surface area contributed by atoms with Crippen LogP contribution in [0.1, 0.15) is 36.1 Å². The van der Waals surface area contributed by atoms with Crippen LogP contribution in [0.15, 0.2) is 66.7 Å². The summed E-state index contributed by atoms with van der Waals surface area (Å²) in [6.45, 7) is 4.93. The number of aryl methyl sites for hydroxylation is 1. The van der Waals surface area contributed by atoms with E-state index >= 15 is 0 Å². The Morgan fingerprint density at radius 2 is 1.58 bits per heavy atom. The van der Waals surface area contributed by atoms with Crippen molar-refractivity contribution in [1.82, 2.24) is 5.32 Å². The molecule has 0 unspecified atom stereocenters. The molecule has 1 amide bonds. The fourth-order valence-corrected chi connectivity index (χ4v) is 3.23. The molecule has 0 aliphatic carbocycles. The van der Waals surface area contributed by atoms with Crippen LogP contribution in [-0.4, -0.2) is 22.6 Å². The summed E-state index contributed by atoms with van der Waals surface area (Å²) >= 11 is 0. The summed E-state index contributed by atoms with van der Waals surface area (Å²) in [5.74, 6) is 0.0845. The van der Waals surface area contributed by atoms with Crippen LogP contribution in [-0.2, 0) is 28.7 Å². The predicted octanol–water partition coefficient (Wildman–Crippen LogP) is 5.91. The molecule has 9 heteroatoms. The maximum absolute atomic E-state index is 12.7. The van der Waals surface area contributed by atoms with Crippen LogP contribution in [0.25, 0.3) is 0 Å². The molecule has 0 heterocycles. The molecule has 3 rings (SSSR count). The van der Waals surface area contributed by atoms with Gasteiger partial charge in [-0.3, -0.25) is 4.79 Å². The highest BCUT2D eigenvalue weighted by atomic mass is 19.4. The molecule has 0 atom stereocenters. The largest absolute Gasteiger partial charge is 0.478 e. The first kappa shape index (κ1) is 26.6. The van der Waals surface area contributed by atoms with Crippen LogP contribution < -0.4 is 14.8 Å². The van der Waals surface area contributed by atoms with Gasteiger partial charge < -0.3 is 19.9 Å². The molecule has 3 aromatic carbocycles. The number of carbonyl (C=O) groups excluding carboxylic acids is 1. The lowest BCUT2D eigenvalue weighted by molar-refractivity contribution is -0.152. The minimum atomic E-state index is -4.42. The van der Waals surface area contributed by atoms with Crippen molar-refractivity contribution in [1.29, 1.82) is 0 Å². The number of aliphatic carboxylic acids is 1. The SMILES string of the molecule is Cc1cc(Oc2cccc(CNC(=O)Cc3ccc(C(F)(F)F)cc3)c2)ccc1OC(C)(C)C(=O)O. The fourth-order valence-electron chi connectivity index (χ4n) is 3.23. The second-order valence-electron chi connectivity index (χ2n) is 8.74. The Morgan fingerprint density at radius 1 is 0.917 bits per heavy atom. The van der Waals surface area contributed by atoms with E-state index in [9.17, 15) is 27.9 Å². The number of carbonyl (C=O) groups is 2. The summed E-state index contributed by atoms with van der Waals surface area (Å²) in [6.07, 6.45) is -4.46. The Bertz CT molecular complexity index is 1240. The average molecular weight is 502 g/mol. The number of halogens is 3. The Hall–Kier alpha value is -4.01. The highest BCUT2D eigenvalue weighted by Crippen LogP contribution is 2.30. The van der Waals surface area contributed by atoms with Crippen LogP contribution in [0.3, 0.4) is 0 Å². The molecule has 0 radical (unpaired) electrons. The van der Waals surface area contributed by atoms with Crippen LogP contribution >= 0.6 is 0 Å². The van der Waals surface area contributed by atoms with Gasteiger partial charge >= 0.3 is 12.1 Å². The Kier molecular flexibility index (Phi) is 7.92. The van der Waals surface area contributed by atoms with Crippen molar-refractivity contribution >= 4 is 11.9 Å². The normalized spacial score (nSPS) is 11.6. The van der Waals surface area contributed by atoms with Crippen LogP contribution in [0.4, 0.5) is 13.2 Å². The molecule has 190 valence electrons. The first-order valence-electron chi connectivity index (χ1n) is 11.1. The second kappa shape index (κ2) is 10.7. The molecule has 0 saturated carbocycles. The number of hydrogen-bond acceptors (Lipinski definition) is 4. The van der Waals surface area contributed by atoms with E-state index in [2.05, 4.69) is 5.32 Å². The lowest BCUT2D eigenvalue weighted by atomic mass is 10.1. The molecule has 0 aliphatic heterocycles. The van der Waals surface area contributed by atoms with Crippen LogP contribution in [0, 0.1) is 6.92 Å². The van der Waals surface area contributed by atoms with Crippen molar-refractivity contribution in [3.8, 4) is 17.2 Å². The molecule has 0 aliphatic rings. The molecule has 3 aromatic rings. The third kappa shape index (κ3) is 7.24. The summed E-state index contributed by atoms with van der Waals surface area (Å²) in [5.41, 5.74) is -0.183. The van der Waals surface area contributed by atoms with E-state index in [1.165, 1.54) is 26.0 Å². The van der Waals surface area contributed by atoms with Crippen LogP contribution in [0.5, 0.6) is 17.2 Å². The van der Waals surface area contributed by atoms with Crippen molar-refractivity contribution in [2.75, 3.05) is 0 Å². The van der Waals surface area contributed by atoms with E-state index in [-0.39, 0.29) is 18.9 Å². The van der Waals surface area contributed by atoms with Gasteiger partial charge in [0.2, 0.25) is 5.91 Å². The van der Waals surface area contributed by atoms with Gasteiger partial charge in [0.25, 0.3) is 0 Å². The highest BCUT2D eigenvalue weighted by Gasteiger charge is 2.30. The molecule has 0 fully saturated rings.